The Labute approximate surface area is 221 Å². The minimum atomic E-state index is -0.133. The van der Waals surface area contributed by atoms with Crippen LogP contribution in [0.25, 0.3) is 54.9 Å². The Morgan fingerprint density at radius 3 is 1.87 bits per heavy atom. The molecule has 0 aliphatic carbocycles. The molecule has 0 atom stereocenters. The molecule has 0 fully saturated rings. The smallest absolute Gasteiger partial charge is 0.154 e. The van der Waals surface area contributed by atoms with Crippen LogP contribution in [0.1, 0.15) is 10.4 Å². The Bertz CT molecular complexity index is 1760. The molecule has 0 aromatic heterocycles. The third kappa shape index (κ3) is 4.34. The first-order valence-corrected chi connectivity index (χ1v) is 12.7. The average molecular weight is 495 g/mol. The standard InChI is InChI=1S/C35H26O3/c36-18-19-38-34-22-29-21-27(25-10-5-2-6-11-25)15-17-31(29)35(33(34)23-37)32-13-7-12-28-20-26(14-16-30(28)32)24-8-3-1-4-9-24/h1-17,20-23,36H,18-19H2. The summed E-state index contributed by atoms with van der Waals surface area (Å²) >= 11 is 0. The van der Waals surface area contributed by atoms with Gasteiger partial charge in [0.2, 0.25) is 0 Å². The molecule has 184 valence electrons. The van der Waals surface area contributed by atoms with Gasteiger partial charge in [0, 0.05) is 5.56 Å². The van der Waals surface area contributed by atoms with Gasteiger partial charge in [-0.2, -0.15) is 0 Å². The predicted octanol–water partition coefficient (Wildman–Crippen LogP) is 8.18. The van der Waals surface area contributed by atoms with Crippen LogP contribution in [0.5, 0.6) is 5.75 Å². The number of rotatable bonds is 7. The average Bonchev–Trinajstić information content (AvgIpc) is 2.99. The van der Waals surface area contributed by atoms with E-state index < -0.39 is 0 Å². The van der Waals surface area contributed by atoms with Crippen molar-refractivity contribution in [2.45, 2.75) is 0 Å². The summed E-state index contributed by atoms with van der Waals surface area (Å²) in [5.74, 6) is 0.472. The number of aliphatic hydroxyl groups excluding tert-OH is 1. The Kier molecular flexibility index (Phi) is 6.43. The zero-order valence-electron chi connectivity index (χ0n) is 20.8. The normalized spacial score (nSPS) is 11.1. The van der Waals surface area contributed by atoms with Gasteiger partial charge >= 0.3 is 0 Å². The Balaban J connectivity index is 1.60. The summed E-state index contributed by atoms with van der Waals surface area (Å²) < 4.78 is 5.90. The van der Waals surface area contributed by atoms with E-state index in [2.05, 4.69) is 72.8 Å². The summed E-state index contributed by atoms with van der Waals surface area (Å²) in [6.45, 7) is -0.0214. The lowest BCUT2D eigenvalue weighted by Crippen LogP contribution is -2.05. The van der Waals surface area contributed by atoms with E-state index in [0.29, 0.717) is 11.3 Å². The van der Waals surface area contributed by atoms with Gasteiger partial charge in [-0.25, -0.2) is 0 Å². The summed E-state index contributed by atoms with van der Waals surface area (Å²) in [5.41, 5.74) is 6.79. The molecule has 3 heteroatoms. The fourth-order valence-corrected chi connectivity index (χ4v) is 5.20. The molecule has 0 bridgehead atoms. The monoisotopic (exact) mass is 494 g/mol. The lowest BCUT2D eigenvalue weighted by Gasteiger charge is -2.18. The third-order valence-corrected chi connectivity index (χ3v) is 6.97. The molecule has 3 nitrogen and oxygen atoms in total. The van der Waals surface area contributed by atoms with Crippen molar-refractivity contribution in [2.75, 3.05) is 13.2 Å². The first kappa shape index (κ1) is 23.7. The number of carbonyl (C=O) groups excluding carboxylic acids is 1. The van der Waals surface area contributed by atoms with Gasteiger partial charge in [0.15, 0.2) is 6.29 Å². The molecule has 0 saturated carbocycles. The first-order valence-electron chi connectivity index (χ1n) is 12.7. The van der Waals surface area contributed by atoms with E-state index in [-0.39, 0.29) is 13.2 Å². The zero-order valence-corrected chi connectivity index (χ0v) is 20.8. The summed E-state index contributed by atoms with van der Waals surface area (Å²) in [7, 11) is 0. The SMILES string of the molecule is O=Cc1c(OCCO)cc2cc(-c3ccccc3)ccc2c1-c1cccc2cc(-c3ccccc3)ccc12. The molecule has 0 amide bonds. The lowest BCUT2D eigenvalue weighted by atomic mass is 9.88. The van der Waals surface area contributed by atoms with Crippen molar-refractivity contribution in [1.29, 1.82) is 0 Å². The maximum atomic E-state index is 12.5. The van der Waals surface area contributed by atoms with Gasteiger partial charge in [0.25, 0.3) is 0 Å². The fraction of sp³-hybridized carbons (Fsp3) is 0.0571. The number of benzene rings is 6. The first-order chi connectivity index (χ1) is 18.8. The summed E-state index contributed by atoms with van der Waals surface area (Å²) in [5, 5.41) is 13.5. The van der Waals surface area contributed by atoms with Crippen LogP contribution in [0.3, 0.4) is 0 Å². The molecule has 6 aromatic rings. The second-order valence-corrected chi connectivity index (χ2v) is 9.26. The second kappa shape index (κ2) is 10.3. The maximum absolute atomic E-state index is 12.5. The van der Waals surface area contributed by atoms with Gasteiger partial charge in [-0.15, -0.1) is 0 Å². The van der Waals surface area contributed by atoms with Gasteiger partial charge in [-0.3, -0.25) is 4.79 Å². The van der Waals surface area contributed by atoms with E-state index in [1.807, 2.05) is 48.5 Å². The van der Waals surface area contributed by atoms with Crippen molar-refractivity contribution in [2.24, 2.45) is 0 Å². The van der Waals surface area contributed by atoms with Crippen LogP contribution in [-0.2, 0) is 0 Å². The number of ether oxygens (including phenoxy) is 1. The van der Waals surface area contributed by atoms with Crippen LogP contribution < -0.4 is 4.74 Å². The van der Waals surface area contributed by atoms with Gasteiger partial charge in [0.1, 0.15) is 12.4 Å². The molecule has 0 aliphatic heterocycles. The van der Waals surface area contributed by atoms with Crippen molar-refractivity contribution in [3.8, 4) is 39.1 Å². The van der Waals surface area contributed by atoms with Crippen molar-refractivity contribution in [3.05, 3.63) is 127 Å². The highest BCUT2D eigenvalue weighted by Gasteiger charge is 2.19. The van der Waals surface area contributed by atoms with Crippen LogP contribution in [0.4, 0.5) is 0 Å². The van der Waals surface area contributed by atoms with E-state index in [1.54, 1.807) is 0 Å². The zero-order chi connectivity index (χ0) is 25.9. The number of aliphatic hydroxyl groups is 1. The maximum Gasteiger partial charge on any atom is 0.154 e. The van der Waals surface area contributed by atoms with Gasteiger partial charge < -0.3 is 9.84 Å². The Morgan fingerprint density at radius 2 is 1.24 bits per heavy atom. The molecular formula is C35H26O3. The third-order valence-electron chi connectivity index (χ3n) is 6.97. The number of hydrogen-bond donors (Lipinski definition) is 1. The van der Waals surface area contributed by atoms with Crippen LogP contribution in [0.15, 0.2) is 121 Å². The van der Waals surface area contributed by atoms with Crippen molar-refractivity contribution >= 4 is 27.8 Å². The second-order valence-electron chi connectivity index (χ2n) is 9.26. The molecule has 38 heavy (non-hydrogen) atoms. The molecule has 6 aromatic carbocycles. The van der Waals surface area contributed by atoms with Gasteiger partial charge in [-0.1, -0.05) is 103 Å². The largest absolute Gasteiger partial charge is 0.490 e. The molecule has 0 aliphatic rings. The molecular weight excluding hydrogens is 468 g/mol. The summed E-state index contributed by atoms with van der Waals surface area (Å²) in [6.07, 6.45) is 0.865. The quantitative estimate of drug-likeness (QED) is 0.228. The number of aldehydes is 1. The van der Waals surface area contributed by atoms with E-state index >= 15 is 0 Å². The van der Waals surface area contributed by atoms with E-state index in [9.17, 15) is 9.90 Å². The minimum Gasteiger partial charge on any atom is -0.490 e. The highest BCUT2D eigenvalue weighted by atomic mass is 16.5. The van der Waals surface area contributed by atoms with Crippen molar-refractivity contribution in [1.82, 2.24) is 0 Å². The predicted molar refractivity (Wildman–Crippen MR) is 156 cm³/mol. The topological polar surface area (TPSA) is 46.5 Å². The van der Waals surface area contributed by atoms with Gasteiger partial charge in [-0.05, 0) is 67.6 Å². The highest BCUT2D eigenvalue weighted by molar-refractivity contribution is 6.13. The summed E-state index contributed by atoms with van der Waals surface area (Å²) in [4.78, 5) is 12.5. The van der Waals surface area contributed by atoms with Crippen molar-refractivity contribution < 1.29 is 14.6 Å². The highest BCUT2D eigenvalue weighted by Crippen LogP contribution is 2.42. The van der Waals surface area contributed by atoms with Crippen LogP contribution in [0.2, 0.25) is 0 Å². The van der Waals surface area contributed by atoms with E-state index in [0.717, 1.165) is 61.2 Å². The Morgan fingerprint density at radius 1 is 0.605 bits per heavy atom. The van der Waals surface area contributed by atoms with Gasteiger partial charge in [0.05, 0.1) is 12.2 Å². The number of hydrogen-bond acceptors (Lipinski definition) is 3. The molecule has 1 N–H and O–H groups in total. The lowest BCUT2D eigenvalue weighted by molar-refractivity contribution is 0.111. The van der Waals surface area contributed by atoms with Crippen molar-refractivity contribution in [3.63, 3.8) is 0 Å². The summed E-state index contributed by atoms with van der Waals surface area (Å²) in [6, 6.07) is 41.4. The molecule has 0 heterocycles. The minimum absolute atomic E-state index is 0.111. The molecule has 0 radical (unpaired) electrons. The Hall–Kier alpha value is -4.73. The van der Waals surface area contributed by atoms with E-state index in [1.165, 1.54) is 0 Å². The van der Waals surface area contributed by atoms with Crippen LogP contribution in [0, 0.1) is 0 Å². The van der Waals surface area contributed by atoms with Crippen LogP contribution in [-0.4, -0.2) is 24.6 Å². The van der Waals surface area contributed by atoms with Crippen LogP contribution >= 0.6 is 0 Å². The molecule has 6 rings (SSSR count). The molecule has 0 unspecified atom stereocenters. The number of fused-ring (bicyclic) bond motifs is 2. The molecule has 0 spiro atoms. The number of carbonyl (C=O) groups is 1. The molecule has 0 saturated heterocycles. The van der Waals surface area contributed by atoms with E-state index in [4.69, 9.17) is 4.74 Å². The fourth-order valence-electron chi connectivity index (χ4n) is 5.20.